The molecule has 0 radical (unpaired) electrons. The zero-order valence-electron chi connectivity index (χ0n) is 19.8. The molecule has 4 aromatic rings. The van der Waals surface area contributed by atoms with E-state index in [-0.39, 0.29) is 24.3 Å². The molecular formula is C28H24F2N4O2. The Hall–Kier alpha value is -4.33. The lowest BCUT2D eigenvalue weighted by Gasteiger charge is -2.35. The number of aryl methyl sites for hydroxylation is 1. The second-order valence-corrected chi connectivity index (χ2v) is 8.58. The highest BCUT2D eigenvalue weighted by atomic mass is 19.1. The second-order valence-electron chi connectivity index (χ2n) is 8.58. The van der Waals surface area contributed by atoms with E-state index in [9.17, 15) is 13.6 Å². The fraction of sp³-hybridized carbons (Fsp3) is 0.179. The van der Waals surface area contributed by atoms with Gasteiger partial charge in [0.2, 0.25) is 5.82 Å². The minimum atomic E-state index is -0.554. The van der Waals surface area contributed by atoms with Crippen molar-refractivity contribution in [1.82, 2.24) is 20.4 Å². The van der Waals surface area contributed by atoms with Gasteiger partial charge in [-0.2, -0.15) is 4.98 Å². The normalized spacial score (nSPS) is 15.8. The van der Waals surface area contributed by atoms with Crippen LogP contribution in [0.5, 0.6) is 0 Å². The molecule has 1 aliphatic rings. The molecule has 1 atom stereocenters. The van der Waals surface area contributed by atoms with E-state index in [1.54, 1.807) is 37.3 Å². The fourth-order valence-electron chi connectivity index (χ4n) is 4.29. The molecule has 0 saturated heterocycles. The van der Waals surface area contributed by atoms with Crippen molar-refractivity contribution in [3.63, 3.8) is 0 Å². The summed E-state index contributed by atoms with van der Waals surface area (Å²) in [5.74, 6) is -0.249. The lowest BCUT2D eigenvalue weighted by molar-refractivity contribution is 0.202. The Labute approximate surface area is 207 Å². The van der Waals surface area contributed by atoms with E-state index in [4.69, 9.17) is 4.52 Å². The molecule has 0 aliphatic carbocycles. The van der Waals surface area contributed by atoms with Crippen LogP contribution in [0.3, 0.4) is 0 Å². The molecule has 182 valence electrons. The van der Waals surface area contributed by atoms with Gasteiger partial charge in [0.05, 0.1) is 18.2 Å². The standard InChI is InChI=1S/C28H24F2N4O2/c1-3-18-8-10-19(11-9-18)25-24(27-32-26(33-36-27)20-12-14-22(29)15-13-20)17(2)34(28(35)31-25)16-21-6-4-5-7-23(21)30/h4-15,25H,3,16H2,1-2H3,(H,31,35). The van der Waals surface area contributed by atoms with Crippen LogP contribution < -0.4 is 5.32 Å². The Morgan fingerprint density at radius 2 is 1.72 bits per heavy atom. The van der Waals surface area contributed by atoms with E-state index in [2.05, 4.69) is 22.4 Å². The Kier molecular flexibility index (Phi) is 6.33. The largest absolute Gasteiger partial charge is 0.334 e. The van der Waals surface area contributed by atoms with Crippen molar-refractivity contribution in [2.45, 2.75) is 32.9 Å². The molecule has 0 saturated carbocycles. The van der Waals surface area contributed by atoms with Crippen molar-refractivity contribution in [2.75, 3.05) is 0 Å². The third-order valence-corrected chi connectivity index (χ3v) is 6.36. The molecule has 2 heterocycles. The monoisotopic (exact) mass is 486 g/mol. The number of hydrogen-bond acceptors (Lipinski definition) is 4. The number of rotatable bonds is 6. The van der Waals surface area contributed by atoms with Crippen LogP contribution in [0, 0.1) is 11.6 Å². The van der Waals surface area contributed by atoms with Crippen LogP contribution in [0.2, 0.25) is 0 Å². The molecule has 2 amide bonds. The number of benzene rings is 3. The molecule has 0 bridgehead atoms. The SMILES string of the molecule is CCc1ccc(C2NC(=O)N(Cc3ccccc3F)C(C)=C2c2nc(-c3ccc(F)cc3)no2)cc1. The van der Waals surface area contributed by atoms with Crippen LogP contribution in [-0.4, -0.2) is 21.1 Å². The Balaban J connectivity index is 1.59. The van der Waals surface area contributed by atoms with Crippen LogP contribution in [0.1, 0.15) is 42.5 Å². The summed E-state index contributed by atoms with van der Waals surface area (Å²) in [6.45, 7) is 3.89. The predicted molar refractivity (Wildman–Crippen MR) is 131 cm³/mol. The van der Waals surface area contributed by atoms with Gasteiger partial charge in [-0.15, -0.1) is 0 Å². The molecule has 8 heteroatoms. The summed E-state index contributed by atoms with van der Waals surface area (Å²) in [5, 5.41) is 7.11. The number of halogens is 2. The molecule has 5 rings (SSSR count). The fourth-order valence-corrected chi connectivity index (χ4v) is 4.29. The van der Waals surface area contributed by atoms with Crippen molar-refractivity contribution in [3.05, 3.63) is 113 Å². The van der Waals surface area contributed by atoms with Gasteiger partial charge in [0.1, 0.15) is 11.6 Å². The van der Waals surface area contributed by atoms with E-state index in [1.807, 2.05) is 24.3 Å². The van der Waals surface area contributed by atoms with Crippen LogP contribution in [0.4, 0.5) is 13.6 Å². The highest BCUT2D eigenvalue weighted by Gasteiger charge is 2.36. The van der Waals surface area contributed by atoms with Gasteiger partial charge < -0.3 is 9.84 Å². The van der Waals surface area contributed by atoms with Gasteiger partial charge in [-0.05, 0) is 54.8 Å². The number of carbonyl (C=O) groups is 1. The third-order valence-electron chi connectivity index (χ3n) is 6.36. The van der Waals surface area contributed by atoms with E-state index >= 15 is 0 Å². The molecule has 6 nitrogen and oxygen atoms in total. The topological polar surface area (TPSA) is 71.3 Å². The summed E-state index contributed by atoms with van der Waals surface area (Å²) < 4.78 is 33.4. The number of nitrogens with one attached hydrogen (secondary N) is 1. The molecule has 3 aromatic carbocycles. The quantitative estimate of drug-likeness (QED) is 0.348. The van der Waals surface area contributed by atoms with Crippen molar-refractivity contribution >= 4 is 11.6 Å². The summed E-state index contributed by atoms with van der Waals surface area (Å²) in [7, 11) is 0. The van der Waals surface area contributed by atoms with Crippen LogP contribution in [0.15, 0.2) is 83.0 Å². The molecule has 0 fully saturated rings. The average Bonchev–Trinajstić information content (AvgIpc) is 3.37. The summed E-state index contributed by atoms with van der Waals surface area (Å²) in [6, 6.07) is 19.2. The third kappa shape index (κ3) is 4.49. The van der Waals surface area contributed by atoms with Gasteiger partial charge in [-0.25, -0.2) is 13.6 Å². The Bertz CT molecular complexity index is 1430. The lowest BCUT2D eigenvalue weighted by atomic mass is 9.93. The first-order valence-corrected chi connectivity index (χ1v) is 11.7. The number of nitrogens with zero attached hydrogens (tertiary/aromatic N) is 3. The number of aromatic nitrogens is 2. The number of urea groups is 1. The molecule has 36 heavy (non-hydrogen) atoms. The molecule has 1 N–H and O–H groups in total. The van der Waals surface area contributed by atoms with Crippen molar-refractivity contribution < 1.29 is 18.1 Å². The van der Waals surface area contributed by atoms with E-state index in [0.717, 1.165) is 12.0 Å². The Morgan fingerprint density at radius 3 is 2.42 bits per heavy atom. The summed E-state index contributed by atoms with van der Waals surface area (Å²) in [5.41, 5.74) is 4.17. The van der Waals surface area contributed by atoms with Crippen molar-refractivity contribution in [3.8, 4) is 11.4 Å². The minimum absolute atomic E-state index is 0.0360. The summed E-state index contributed by atoms with van der Waals surface area (Å²) in [4.78, 5) is 19.3. The highest BCUT2D eigenvalue weighted by Crippen LogP contribution is 2.38. The van der Waals surface area contributed by atoms with Crippen LogP contribution >= 0.6 is 0 Å². The first-order chi connectivity index (χ1) is 17.4. The van der Waals surface area contributed by atoms with Gasteiger partial charge in [-0.3, -0.25) is 4.90 Å². The maximum absolute atomic E-state index is 14.4. The first-order valence-electron chi connectivity index (χ1n) is 11.7. The molecule has 1 unspecified atom stereocenters. The minimum Gasteiger partial charge on any atom is -0.334 e. The molecular weight excluding hydrogens is 462 g/mol. The van der Waals surface area contributed by atoms with Gasteiger partial charge in [0.15, 0.2) is 0 Å². The smallest absolute Gasteiger partial charge is 0.322 e. The maximum atomic E-state index is 14.4. The van der Waals surface area contributed by atoms with Gasteiger partial charge in [0.25, 0.3) is 5.89 Å². The van der Waals surface area contributed by atoms with Crippen LogP contribution in [0.25, 0.3) is 17.0 Å². The molecule has 1 aromatic heterocycles. The van der Waals surface area contributed by atoms with Crippen LogP contribution in [-0.2, 0) is 13.0 Å². The van der Waals surface area contributed by atoms with Gasteiger partial charge in [-0.1, -0.05) is 54.5 Å². The first kappa shape index (κ1) is 23.4. The average molecular weight is 487 g/mol. The molecule has 1 aliphatic heterocycles. The maximum Gasteiger partial charge on any atom is 0.322 e. The zero-order valence-corrected chi connectivity index (χ0v) is 19.8. The van der Waals surface area contributed by atoms with Gasteiger partial charge >= 0.3 is 6.03 Å². The van der Waals surface area contributed by atoms with Crippen molar-refractivity contribution in [2.24, 2.45) is 0 Å². The second kappa shape index (κ2) is 9.73. The summed E-state index contributed by atoms with van der Waals surface area (Å²) in [6.07, 6.45) is 0.889. The predicted octanol–water partition coefficient (Wildman–Crippen LogP) is 6.27. The number of carbonyl (C=O) groups excluding carboxylic acids is 1. The lowest BCUT2D eigenvalue weighted by Crippen LogP contribution is -2.45. The van der Waals surface area contributed by atoms with Gasteiger partial charge in [0, 0.05) is 16.8 Å². The molecule has 0 spiro atoms. The highest BCUT2D eigenvalue weighted by molar-refractivity contribution is 5.86. The number of allylic oxidation sites excluding steroid dienone is 1. The number of hydrogen-bond donors (Lipinski definition) is 1. The zero-order chi connectivity index (χ0) is 25.2. The summed E-state index contributed by atoms with van der Waals surface area (Å²) >= 11 is 0. The van der Waals surface area contributed by atoms with E-state index in [0.29, 0.717) is 28.2 Å². The van der Waals surface area contributed by atoms with E-state index in [1.165, 1.54) is 28.7 Å². The Morgan fingerprint density at radius 1 is 1.00 bits per heavy atom. The van der Waals surface area contributed by atoms with Crippen molar-refractivity contribution in [1.29, 1.82) is 0 Å². The van der Waals surface area contributed by atoms with E-state index < -0.39 is 11.9 Å². The number of amides is 2.